The van der Waals surface area contributed by atoms with Crippen LogP contribution >= 0.6 is 0 Å². The molecule has 0 bridgehead atoms. The Morgan fingerprint density at radius 2 is 1.95 bits per heavy atom. The lowest BCUT2D eigenvalue weighted by Gasteiger charge is -2.19. The summed E-state index contributed by atoms with van der Waals surface area (Å²) in [7, 11) is 1.74. The van der Waals surface area contributed by atoms with Crippen molar-refractivity contribution in [3.05, 3.63) is 77.6 Å². The van der Waals surface area contributed by atoms with Gasteiger partial charge in [0.1, 0.15) is 23.7 Å². The predicted octanol–water partition coefficient (Wildman–Crippen LogP) is 3.81. The molecule has 14 heteroatoms. The molecular formula is C26H21F3N10O. The van der Waals surface area contributed by atoms with Crippen molar-refractivity contribution in [2.45, 2.75) is 19.6 Å². The fourth-order valence-corrected chi connectivity index (χ4v) is 4.50. The Balaban J connectivity index is 1.37. The minimum absolute atomic E-state index is 0.233. The first-order valence-corrected chi connectivity index (χ1v) is 12.2. The van der Waals surface area contributed by atoms with Crippen LogP contribution in [0.5, 0.6) is 0 Å². The summed E-state index contributed by atoms with van der Waals surface area (Å²) in [5.41, 5.74) is 2.75. The number of aryl methyl sites for hydroxylation is 2. The van der Waals surface area contributed by atoms with Crippen molar-refractivity contribution in [2.24, 2.45) is 12.0 Å². The van der Waals surface area contributed by atoms with Crippen LogP contribution in [0.3, 0.4) is 0 Å². The lowest BCUT2D eigenvalue weighted by Crippen LogP contribution is -2.18. The summed E-state index contributed by atoms with van der Waals surface area (Å²) in [6.07, 6.45) is -0.395. The topological polar surface area (TPSA) is 128 Å². The van der Waals surface area contributed by atoms with Crippen LogP contribution in [0.4, 0.5) is 30.6 Å². The lowest BCUT2D eigenvalue weighted by molar-refractivity contribution is -0.137. The van der Waals surface area contributed by atoms with Gasteiger partial charge in [0.2, 0.25) is 0 Å². The van der Waals surface area contributed by atoms with E-state index in [4.69, 9.17) is 0 Å². The molecule has 0 atom stereocenters. The predicted molar refractivity (Wildman–Crippen MR) is 139 cm³/mol. The molecule has 0 radical (unpaired) electrons. The number of fused-ring (bicyclic) bond motifs is 3. The molecule has 5 heterocycles. The summed E-state index contributed by atoms with van der Waals surface area (Å²) < 4.78 is 42.9. The van der Waals surface area contributed by atoms with Gasteiger partial charge in [-0.15, -0.1) is 5.10 Å². The molecule has 0 fully saturated rings. The average molecular weight is 547 g/mol. The molecule has 3 aliphatic rings. The number of amides is 1. The Kier molecular flexibility index (Phi) is 6.01. The zero-order valence-electron chi connectivity index (χ0n) is 21.2. The van der Waals surface area contributed by atoms with Gasteiger partial charge in [-0.2, -0.15) is 28.1 Å². The first-order valence-electron chi connectivity index (χ1n) is 12.2. The smallest absolute Gasteiger partial charge is 0.369 e. The molecule has 0 unspecified atom stereocenters. The molecule has 6 rings (SSSR count). The maximum atomic E-state index is 13.1. The largest absolute Gasteiger partial charge is 0.416 e. The number of halogens is 3. The van der Waals surface area contributed by atoms with Gasteiger partial charge in [-0.05, 0) is 48.4 Å². The Hall–Kier alpha value is -5.14. The molecule has 1 aromatic carbocycles. The zero-order chi connectivity index (χ0) is 28.0. The normalized spacial score (nSPS) is 13.4. The van der Waals surface area contributed by atoms with E-state index >= 15 is 0 Å². The van der Waals surface area contributed by atoms with Crippen LogP contribution in [0.1, 0.15) is 21.6 Å². The molecule has 0 aliphatic carbocycles. The number of hydrogen-bond donors (Lipinski definition) is 2. The summed E-state index contributed by atoms with van der Waals surface area (Å²) in [5.74, 6) is 1.03. The minimum Gasteiger partial charge on any atom is -0.369 e. The molecule has 2 N–H and O–H groups in total. The Morgan fingerprint density at radius 1 is 1.10 bits per heavy atom. The van der Waals surface area contributed by atoms with Crippen molar-refractivity contribution >= 4 is 23.4 Å². The highest BCUT2D eigenvalue weighted by atomic mass is 19.4. The number of benzene rings is 1. The van der Waals surface area contributed by atoms with Crippen molar-refractivity contribution in [3.63, 3.8) is 0 Å². The molecule has 0 spiro atoms. The quantitative estimate of drug-likeness (QED) is 0.351. The molecule has 40 heavy (non-hydrogen) atoms. The van der Waals surface area contributed by atoms with Gasteiger partial charge in [-0.3, -0.25) is 14.5 Å². The van der Waals surface area contributed by atoms with Crippen LogP contribution in [0.25, 0.3) is 22.5 Å². The van der Waals surface area contributed by atoms with Crippen molar-refractivity contribution < 1.29 is 18.0 Å². The van der Waals surface area contributed by atoms with Crippen molar-refractivity contribution in [1.82, 2.24) is 34.3 Å². The van der Waals surface area contributed by atoms with Gasteiger partial charge in [-0.1, -0.05) is 6.07 Å². The number of nitrogens with zero attached hydrogens (tertiary/aromatic N) is 8. The van der Waals surface area contributed by atoms with Crippen LogP contribution in [0.2, 0.25) is 0 Å². The van der Waals surface area contributed by atoms with Gasteiger partial charge in [0.05, 0.1) is 5.56 Å². The third kappa shape index (κ3) is 4.74. The van der Waals surface area contributed by atoms with Gasteiger partial charge in [-0.25, -0.2) is 4.98 Å². The summed E-state index contributed by atoms with van der Waals surface area (Å²) >= 11 is 0. The molecular weight excluding hydrogens is 525 g/mol. The fourth-order valence-electron chi connectivity index (χ4n) is 4.50. The van der Waals surface area contributed by atoms with Crippen molar-refractivity contribution in [3.8, 4) is 22.5 Å². The van der Waals surface area contributed by atoms with Gasteiger partial charge >= 0.3 is 6.18 Å². The van der Waals surface area contributed by atoms with E-state index in [0.29, 0.717) is 24.6 Å². The van der Waals surface area contributed by atoms with Gasteiger partial charge in [0.15, 0.2) is 0 Å². The number of carbonyl (C=O) groups excluding carboxylic acids is 1. The van der Waals surface area contributed by atoms with Crippen LogP contribution in [-0.4, -0.2) is 46.7 Å². The third-order valence-corrected chi connectivity index (χ3v) is 6.38. The number of alkyl halides is 3. The minimum atomic E-state index is -4.58. The zero-order valence-corrected chi connectivity index (χ0v) is 21.2. The van der Waals surface area contributed by atoms with Crippen molar-refractivity contribution in [1.29, 1.82) is 0 Å². The highest BCUT2D eigenvalue weighted by Gasteiger charge is 2.31. The van der Waals surface area contributed by atoms with Crippen LogP contribution in [0, 0.1) is 6.92 Å². The van der Waals surface area contributed by atoms with E-state index in [-0.39, 0.29) is 17.3 Å². The number of aromatic nitrogens is 7. The van der Waals surface area contributed by atoms with E-state index in [1.807, 2.05) is 23.6 Å². The fraction of sp³-hybridized carbons (Fsp3) is 0.192. The second-order valence-corrected chi connectivity index (χ2v) is 9.18. The number of carbonyl (C=O) groups is 1. The monoisotopic (exact) mass is 546 g/mol. The number of anilines is 2. The van der Waals surface area contributed by atoms with Crippen LogP contribution < -0.4 is 16.3 Å². The summed E-state index contributed by atoms with van der Waals surface area (Å²) in [6, 6.07) is 8.80. The second kappa shape index (κ2) is 9.55. The van der Waals surface area contributed by atoms with E-state index in [9.17, 15) is 18.0 Å². The number of rotatable bonds is 4. The Morgan fingerprint density at radius 3 is 2.73 bits per heavy atom. The van der Waals surface area contributed by atoms with E-state index in [1.54, 1.807) is 25.4 Å². The number of hydrogen-bond acceptors (Lipinski definition) is 8. The maximum absolute atomic E-state index is 13.1. The second-order valence-electron chi connectivity index (χ2n) is 9.18. The van der Waals surface area contributed by atoms with Crippen LogP contribution in [-0.2, 0) is 19.8 Å². The van der Waals surface area contributed by atoms with E-state index in [1.165, 1.54) is 11.0 Å². The molecule has 2 aromatic heterocycles. The first-order chi connectivity index (χ1) is 19.2. The molecule has 0 saturated heterocycles. The molecule has 1 amide bonds. The van der Waals surface area contributed by atoms with Gasteiger partial charge < -0.3 is 15.2 Å². The third-order valence-electron chi connectivity index (χ3n) is 6.38. The lowest BCUT2D eigenvalue weighted by atomic mass is 9.98. The standard InChI is InChI=1S/C26H21F3N10O/c1-14-3-4-17(34-23(40)20-10-16(5-6-30-20)26(27,28)29)11-18(14)19-9-15-12-32-24(36-25-33-13-38(2)37-25)35-21(15)39-8-7-31-22(19)39/h3-6,9-13,31H,7-8H2,1-2H3,(H,34,40). The molecule has 3 aromatic rings. The SMILES string of the molecule is Cc1ccc(NC(=O)c2cc(C(F)(F)F)ccn2)cc1-c1cc2cnc(=Nc3ncn(C)n3)nc-2n2c1NCC2. The molecule has 202 valence electrons. The summed E-state index contributed by atoms with van der Waals surface area (Å²) in [4.78, 5) is 34.0. The van der Waals surface area contributed by atoms with E-state index < -0.39 is 17.6 Å². The van der Waals surface area contributed by atoms with E-state index in [0.717, 1.165) is 46.4 Å². The summed E-state index contributed by atoms with van der Waals surface area (Å²) in [5, 5.41) is 10.2. The van der Waals surface area contributed by atoms with Crippen molar-refractivity contribution in [2.75, 3.05) is 17.2 Å². The molecule has 3 aliphatic heterocycles. The number of nitrogens with one attached hydrogen (secondary N) is 2. The van der Waals surface area contributed by atoms with Gasteiger partial charge in [0.25, 0.3) is 17.5 Å². The highest BCUT2D eigenvalue weighted by molar-refractivity contribution is 6.03. The summed E-state index contributed by atoms with van der Waals surface area (Å²) in [6.45, 7) is 3.28. The highest BCUT2D eigenvalue weighted by Crippen LogP contribution is 2.39. The molecule has 0 saturated carbocycles. The first kappa shape index (κ1) is 25.2. The van der Waals surface area contributed by atoms with E-state index in [2.05, 4.69) is 40.7 Å². The number of pyridine rings is 2. The average Bonchev–Trinajstić information content (AvgIpc) is 3.58. The Bertz CT molecular complexity index is 1810. The molecule has 11 nitrogen and oxygen atoms in total. The maximum Gasteiger partial charge on any atom is 0.416 e. The Labute approximate surface area is 224 Å². The van der Waals surface area contributed by atoms with Crippen LogP contribution in [0.15, 0.2) is 60.1 Å². The van der Waals surface area contributed by atoms with Gasteiger partial charge in [0, 0.05) is 49.3 Å².